The summed E-state index contributed by atoms with van der Waals surface area (Å²) in [4.78, 5) is 0. The van der Waals surface area contributed by atoms with Crippen LogP contribution in [0.5, 0.6) is 0 Å². The van der Waals surface area contributed by atoms with E-state index in [2.05, 4.69) is 83.7 Å². The molecule has 0 spiro atoms. The number of hydrogen-bond acceptors (Lipinski definition) is 2. The van der Waals surface area contributed by atoms with E-state index in [1.165, 1.54) is 32.9 Å². The molecular formula is C25H27N2O2+. The van der Waals surface area contributed by atoms with Gasteiger partial charge < -0.3 is 14.0 Å². The van der Waals surface area contributed by atoms with Gasteiger partial charge in [-0.15, -0.1) is 0 Å². The van der Waals surface area contributed by atoms with E-state index in [9.17, 15) is 0 Å². The standard InChI is InChI=1S/C25H27N2O2/c1-26-13-11-20(12-14-26)7-8-21-9-10-25-23(19-21)22-5-3-4-6-24(22)27(25)15-16-29-18-17-28-2/h3-14,19H,15-18H2,1-2H3/q+1. The molecule has 4 rings (SSSR count). The van der Waals surface area contributed by atoms with Crippen LogP contribution in [0.15, 0.2) is 67.0 Å². The van der Waals surface area contributed by atoms with Gasteiger partial charge in [0.25, 0.3) is 0 Å². The van der Waals surface area contributed by atoms with E-state index >= 15 is 0 Å². The molecule has 0 atom stereocenters. The second kappa shape index (κ2) is 9.03. The Bertz CT molecular complexity index is 1130. The summed E-state index contributed by atoms with van der Waals surface area (Å²) in [6.07, 6.45) is 8.45. The van der Waals surface area contributed by atoms with Gasteiger partial charge in [-0.3, -0.25) is 0 Å². The monoisotopic (exact) mass is 387 g/mol. The Morgan fingerprint density at radius 2 is 1.59 bits per heavy atom. The fraction of sp³-hybridized carbons (Fsp3) is 0.240. The first-order chi connectivity index (χ1) is 14.3. The fourth-order valence-corrected chi connectivity index (χ4v) is 3.63. The van der Waals surface area contributed by atoms with Crippen LogP contribution in [0.2, 0.25) is 0 Å². The van der Waals surface area contributed by atoms with Crippen LogP contribution in [0, 0.1) is 0 Å². The number of nitrogens with zero attached hydrogens (tertiary/aromatic N) is 2. The highest BCUT2D eigenvalue weighted by molar-refractivity contribution is 6.08. The van der Waals surface area contributed by atoms with Gasteiger partial charge in [-0.2, -0.15) is 0 Å². The van der Waals surface area contributed by atoms with Crippen molar-refractivity contribution in [1.82, 2.24) is 4.57 Å². The number of para-hydroxylation sites is 1. The highest BCUT2D eigenvalue weighted by atomic mass is 16.5. The second-order valence-corrected chi connectivity index (χ2v) is 7.18. The Labute approximate surface area is 171 Å². The van der Waals surface area contributed by atoms with Crippen molar-refractivity contribution in [1.29, 1.82) is 0 Å². The van der Waals surface area contributed by atoms with Gasteiger partial charge in [-0.05, 0) is 29.3 Å². The maximum Gasteiger partial charge on any atom is 0.169 e. The Balaban J connectivity index is 1.64. The lowest BCUT2D eigenvalue weighted by molar-refractivity contribution is -0.671. The molecule has 29 heavy (non-hydrogen) atoms. The van der Waals surface area contributed by atoms with Gasteiger partial charge in [-0.25, -0.2) is 4.57 Å². The molecule has 2 aromatic heterocycles. The third kappa shape index (κ3) is 4.39. The number of aryl methyl sites for hydroxylation is 1. The third-order valence-electron chi connectivity index (χ3n) is 5.16. The highest BCUT2D eigenvalue weighted by Crippen LogP contribution is 2.30. The topological polar surface area (TPSA) is 27.3 Å². The smallest absolute Gasteiger partial charge is 0.169 e. The van der Waals surface area contributed by atoms with E-state index in [4.69, 9.17) is 9.47 Å². The Morgan fingerprint density at radius 1 is 0.828 bits per heavy atom. The highest BCUT2D eigenvalue weighted by Gasteiger charge is 2.10. The first-order valence-electron chi connectivity index (χ1n) is 9.97. The van der Waals surface area contributed by atoms with Crippen LogP contribution in [0.1, 0.15) is 11.1 Å². The second-order valence-electron chi connectivity index (χ2n) is 7.18. The van der Waals surface area contributed by atoms with Gasteiger partial charge in [0, 0.05) is 47.6 Å². The molecule has 2 heterocycles. The molecule has 4 nitrogen and oxygen atoms in total. The summed E-state index contributed by atoms with van der Waals surface area (Å²) in [5, 5.41) is 2.56. The van der Waals surface area contributed by atoms with Crippen molar-refractivity contribution in [2.75, 3.05) is 26.9 Å². The van der Waals surface area contributed by atoms with Crippen LogP contribution in [0.4, 0.5) is 0 Å². The van der Waals surface area contributed by atoms with E-state index in [-0.39, 0.29) is 0 Å². The molecule has 4 heteroatoms. The SMILES string of the molecule is COCCOCCn1c2ccccc2c2cc(C=Cc3cc[n+](C)cc3)ccc21. The summed E-state index contributed by atoms with van der Waals surface area (Å²) >= 11 is 0. The van der Waals surface area contributed by atoms with Gasteiger partial charge in [-0.1, -0.05) is 36.4 Å². The minimum Gasteiger partial charge on any atom is -0.382 e. The van der Waals surface area contributed by atoms with Crippen molar-refractivity contribution in [2.45, 2.75) is 6.54 Å². The molecule has 0 fully saturated rings. The van der Waals surface area contributed by atoms with Crippen LogP contribution < -0.4 is 4.57 Å². The first-order valence-corrected chi connectivity index (χ1v) is 9.97. The predicted octanol–water partition coefficient (Wildman–Crippen LogP) is 4.45. The maximum absolute atomic E-state index is 5.71. The number of fused-ring (bicyclic) bond motifs is 3. The molecule has 2 aromatic carbocycles. The average molecular weight is 388 g/mol. The fourth-order valence-electron chi connectivity index (χ4n) is 3.63. The van der Waals surface area contributed by atoms with Crippen molar-refractivity contribution in [3.63, 3.8) is 0 Å². The summed E-state index contributed by atoms with van der Waals surface area (Å²) in [5.41, 5.74) is 4.88. The minimum atomic E-state index is 0.625. The van der Waals surface area contributed by atoms with Crippen LogP contribution in [-0.4, -0.2) is 31.5 Å². The van der Waals surface area contributed by atoms with Gasteiger partial charge in [0.1, 0.15) is 7.05 Å². The van der Waals surface area contributed by atoms with Crippen molar-refractivity contribution >= 4 is 34.0 Å². The lowest BCUT2D eigenvalue weighted by Crippen LogP contribution is -2.25. The van der Waals surface area contributed by atoms with Crippen LogP contribution in [0.3, 0.4) is 0 Å². The summed E-state index contributed by atoms with van der Waals surface area (Å²) in [6, 6.07) is 19.5. The van der Waals surface area contributed by atoms with E-state index in [1.54, 1.807) is 7.11 Å². The Hall–Kier alpha value is -2.95. The minimum absolute atomic E-state index is 0.625. The Kier molecular flexibility index (Phi) is 6.03. The molecule has 0 N–H and O–H groups in total. The molecule has 0 aliphatic heterocycles. The molecule has 148 valence electrons. The molecule has 0 aliphatic carbocycles. The van der Waals surface area contributed by atoms with Crippen LogP contribution in [-0.2, 0) is 23.1 Å². The number of rotatable bonds is 8. The zero-order valence-corrected chi connectivity index (χ0v) is 17.0. The van der Waals surface area contributed by atoms with E-state index in [0.29, 0.717) is 19.8 Å². The quantitative estimate of drug-likeness (QED) is 0.330. The normalized spacial score (nSPS) is 11.8. The van der Waals surface area contributed by atoms with Gasteiger partial charge in [0.2, 0.25) is 0 Å². The van der Waals surface area contributed by atoms with Gasteiger partial charge in [0.05, 0.1) is 19.8 Å². The lowest BCUT2D eigenvalue weighted by Gasteiger charge is -2.08. The van der Waals surface area contributed by atoms with Crippen molar-refractivity contribution in [3.8, 4) is 0 Å². The number of benzene rings is 2. The zero-order chi connectivity index (χ0) is 20.1. The molecule has 0 bridgehead atoms. The summed E-state index contributed by atoms with van der Waals surface area (Å²) in [5.74, 6) is 0. The number of methoxy groups -OCH3 is 1. The van der Waals surface area contributed by atoms with Gasteiger partial charge >= 0.3 is 0 Å². The summed E-state index contributed by atoms with van der Waals surface area (Å²) in [7, 11) is 3.72. The number of ether oxygens (including phenoxy) is 2. The summed E-state index contributed by atoms with van der Waals surface area (Å²) in [6.45, 7) is 2.75. The third-order valence-corrected chi connectivity index (χ3v) is 5.16. The van der Waals surface area contributed by atoms with E-state index in [1.807, 2.05) is 11.6 Å². The molecule has 0 unspecified atom stereocenters. The predicted molar refractivity (Wildman–Crippen MR) is 119 cm³/mol. The lowest BCUT2D eigenvalue weighted by atomic mass is 10.1. The maximum atomic E-state index is 5.71. The van der Waals surface area contributed by atoms with Crippen molar-refractivity contribution in [2.24, 2.45) is 7.05 Å². The van der Waals surface area contributed by atoms with E-state index < -0.39 is 0 Å². The van der Waals surface area contributed by atoms with Gasteiger partial charge in [0.15, 0.2) is 12.4 Å². The number of pyridine rings is 1. The van der Waals surface area contributed by atoms with E-state index in [0.717, 1.165) is 6.54 Å². The zero-order valence-electron chi connectivity index (χ0n) is 17.0. The molecule has 4 aromatic rings. The summed E-state index contributed by atoms with van der Waals surface area (Å²) < 4.78 is 15.1. The van der Waals surface area contributed by atoms with Crippen molar-refractivity contribution in [3.05, 3.63) is 78.1 Å². The molecular weight excluding hydrogens is 360 g/mol. The molecule has 0 amide bonds. The average Bonchev–Trinajstić information content (AvgIpc) is 3.06. The molecule has 0 saturated carbocycles. The molecule has 0 radical (unpaired) electrons. The first kappa shape index (κ1) is 19.4. The largest absolute Gasteiger partial charge is 0.382 e. The van der Waals surface area contributed by atoms with Crippen molar-refractivity contribution < 1.29 is 14.0 Å². The molecule has 0 saturated heterocycles. The van der Waals surface area contributed by atoms with Crippen LogP contribution >= 0.6 is 0 Å². The number of aromatic nitrogens is 2. The molecule has 0 aliphatic rings. The number of hydrogen-bond donors (Lipinski definition) is 0. The Morgan fingerprint density at radius 3 is 2.41 bits per heavy atom. The van der Waals surface area contributed by atoms with Crippen LogP contribution in [0.25, 0.3) is 34.0 Å².